The van der Waals surface area contributed by atoms with E-state index in [1.54, 1.807) is 30.5 Å². The minimum Gasteiger partial charge on any atom is -0.465 e. The van der Waals surface area contributed by atoms with Crippen LogP contribution in [0.2, 0.25) is 0 Å². The van der Waals surface area contributed by atoms with Crippen LogP contribution in [-0.4, -0.2) is 39.1 Å². The molecule has 0 saturated carbocycles. The van der Waals surface area contributed by atoms with Gasteiger partial charge in [-0.05, 0) is 42.3 Å². The molecule has 1 fully saturated rings. The van der Waals surface area contributed by atoms with Gasteiger partial charge in [0.2, 0.25) is 5.91 Å². The second kappa shape index (κ2) is 8.22. The molecule has 1 aliphatic heterocycles. The molecule has 148 valence electrons. The maximum Gasteiger partial charge on any atom is 0.266 e. The standard InChI is InChI=1S/C20H16FN3O3S2/c21-13-3-4-16-15(8-13)12(10-23-16)5-6-22-18(25)11-24-19(26)17(29-20(24)28)9-14-2-1-7-27-14/h1-4,7-10,23H,5-6,11H2,(H,22,25). The van der Waals surface area contributed by atoms with E-state index in [0.717, 1.165) is 28.2 Å². The van der Waals surface area contributed by atoms with Gasteiger partial charge >= 0.3 is 0 Å². The number of hydrogen-bond donors (Lipinski definition) is 2. The number of halogens is 1. The van der Waals surface area contributed by atoms with Gasteiger partial charge in [0, 0.05) is 29.7 Å². The molecule has 9 heteroatoms. The number of hydrogen-bond acceptors (Lipinski definition) is 5. The second-order valence-corrected chi connectivity index (χ2v) is 8.06. The average molecular weight is 429 g/mol. The van der Waals surface area contributed by atoms with Crippen molar-refractivity contribution in [1.82, 2.24) is 15.2 Å². The van der Waals surface area contributed by atoms with Crippen molar-refractivity contribution in [1.29, 1.82) is 0 Å². The quantitative estimate of drug-likeness (QED) is 0.464. The molecule has 2 N–H and O–H groups in total. The molecule has 2 amide bonds. The highest BCUT2D eigenvalue weighted by molar-refractivity contribution is 8.26. The number of aromatic amines is 1. The van der Waals surface area contributed by atoms with Gasteiger partial charge in [0.25, 0.3) is 5.91 Å². The predicted octanol–water partition coefficient (Wildman–Crippen LogP) is 3.46. The summed E-state index contributed by atoms with van der Waals surface area (Å²) in [7, 11) is 0. The summed E-state index contributed by atoms with van der Waals surface area (Å²) in [4.78, 5) is 29.5. The summed E-state index contributed by atoms with van der Waals surface area (Å²) in [6.07, 6.45) is 5.46. The number of rotatable bonds is 6. The van der Waals surface area contributed by atoms with Gasteiger partial charge in [-0.2, -0.15) is 0 Å². The maximum absolute atomic E-state index is 13.5. The van der Waals surface area contributed by atoms with Gasteiger partial charge in [-0.3, -0.25) is 14.5 Å². The third-order valence-corrected chi connectivity index (χ3v) is 5.82. The molecule has 0 spiro atoms. The molecule has 1 aliphatic rings. The molecule has 0 aliphatic carbocycles. The zero-order chi connectivity index (χ0) is 20.4. The molecule has 29 heavy (non-hydrogen) atoms. The Hall–Kier alpha value is -2.91. The number of nitrogens with zero attached hydrogens (tertiary/aromatic N) is 1. The average Bonchev–Trinajstić information content (AvgIpc) is 3.40. The number of H-pyrrole nitrogens is 1. The lowest BCUT2D eigenvalue weighted by molar-refractivity contribution is -0.128. The van der Waals surface area contributed by atoms with Crippen molar-refractivity contribution >= 4 is 57.1 Å². The first-order valence-electron chi connectivity index (χ1n) is 8.82. The molecular formula is C20H16FN3O3S2. The van der Waals surface area contributed by atoms with Crippen molar-refractivity contribution in [3.05, 3.63) is 64.8 Å². The van der Waals surface area contributed by atoms with E-state index in [1.807, 2.05) is 0 Å². The van der Waals surface area contributed by atoms with E-state index in [1.165, 1.54) is 23.3 Å². The van der Waals surface area contributed by atoms with Crippen molar-refractivity contribution in [3.8, 4) is 0 Å². The van der Waals surface area contributed by atoms with E-state index >= 15 is 0 Å². The molecule has 1 aromatic carbocycles. The van der Waals surface area contributed by atoms with Crippen LogP contribution in [0.5, 0.6) is 0 Å². The van der Waals surface area contributed by atoms with Crippen LogP contribution < -0.4 is 5.32 Å². The van der Waals surface area contributed by atoms with Gasteiger partial charge in [-0.1, -0.05) is 24.0 Å². The summed E-state index contributed by atoms with van der Waals surface area (Å²) in [5, 5.41) is 3.57. The second-order valence-electron chi connectivity index (χ2n) is 6.39. The Morgan fingerprint density at radius 2 is 2.24 bits per heavy atom. The monoisotopic (exact) mass is 429 g/mol. The largest absolute Gasteiger partial charge is 0.465 e. The number of carbonyl (C=O) groups is 2. The number of fused-ring (bicyclic) bond motifs is 1. The zero-order valence-electron chi connectivity index (χ0n) is 15.1. The number of nitrogens with one attached hydrogen (secondary N) is 2. The fraction of sp³-hybridized carbons (Fsp3) is 0.150. The molecule has 1 saturated heterocycles. The number of thioether (sulfide) groups is 1. The van der Waals surface area contributed by atoms with Crippen LogP contribution in [0.4, 0.5) is 4.39 Å². The normalized spacial score (nSPS) is 15.6. The van der Waals surface area contributed by atoms with Crippen LogP contribution in [0.25, 0.3) is 17.0 Å². The van der Waals surface area contributed by atoms with Gasteiger partial charge in [-0.15, -0.1) is 0 Å². The zero-order valence-corrected chi connectivity index (χ0v) is 16.7. The fourth-order valence-electron chi connectivity index (χ4n) is 3.03. The van der Waals surface area contributed by atoms with Crippen LogP contribution in [0.3, 0.4) is 0 Å². The van der Waals surface area contributed by atoms with E-state index in [4.69, 9.17) is 16.6 Å². The molecule has 2 aromatic heterocycles. The lowest BCUT2D eigenvalue weighted by atomic mass is 10.1. The highest BCUT2D eigenvalue weighted by Gasteiger charge is 2.33. The van der Waals surface area contributed by atoms with Crippen LogP contribution in [-0.2, 0) is 16.0 Å². The summed E-state index contributed by atoms with van der Waals surface area (Å²) in [5.41, 5.74) is 1.75. The van der Waals surface area contributed by atoms with E-state index in [-0.39, 0.29) is 24.2 Å². The van der Waals surface area contributed by atoms with Crippen LogP contribution >= 0.6 is 24.0 Å². The Morgan fingerprint density at radius 3 is 3.03 bits per heavy atom. The SMILES string of the molecule is O=C(CN1C(=O)C(=Cc2ccco2)SC1=S)NCCc1c[nH]c2ccc(F)cc12. The number of furan rings is 1. The number of benzene rings is 1. The molecule has 3 heterocycles. The summed E-state index contributed by atoms with van der Waals surface area (Å²) in [6.45, 7) is 0.210. The Kier molecular flexibility index (Phi) is 5.50. The van der Waals surface area contributed by atoms with E-state index in [2.05, 4.69) is 10.3 Å². The third-order valence-electron chi connectivity index (χ3n) is 4.44. The Balaban J connectivity index is 1.33. The topological polar surface area (TPSA) is 78.3 Å². The predicted molar refractivity (Wildman–Crippen MR) is 114 cm³/mol. The van der Waals surface area contributed by atoms with Crippen molar-refractivity contribution < 1.29 is 18.4 Å². The number of amides is 2. The summed E-state index contributed by atoms with van der Waals surface area (Å²) in [5.74, 6) is -0.394. The van der Waals surface area contributed by atoms with Crippen molar-refractivity contribution in [2.75, 3.05) is 13.1 Å². The summed E-state index contributed by atoms with van der Waals surface area (Å²) in [6, 6.07) is 8.00. The number of aromatic nitrogens is 1. The highest BCUT2D eigenvalue weighted by Crippen LogP contribution is 2.32. The van der Waals surface area contributed by atoms with Gasteiger partial charge in [-0.25, -0.2) is 4.39 Å². The number of thiocarbonyl (C=S) groups is 1. The molecule has 6 nitrogen and oxygen atoms in total. The Labute approximate surface area is 175 Å². The van der Waals surface area contributed by atoms with E-state index in [0.29, 0.717) is 28.0 Å². The smallest absolute Gasteiger partial charge is 0.266 e. The van der Waals surface area contributed by atoms with Crippen molar-refractivity contribution in [2.45, 2.75) is 6.42 Å². The van der Waals surface area contributed by atoms with Crippen LogP contribution in [0.1, 0.15) is 11.3 Å². The first kappa shape index (κ1) is 19.4. The fourth-order valence-corrected chi connectivity index (χ4v) is 4.27. The minimum absolute atomic E-state index is 0.150. The third kappa shape index (κ3) is 4.25. The molecule has 0 radical (unpaired) electrons. The Bertz CT molecular complexity index is 1120. The maximum atomic E-state index is 13.5. The Morgan fingerprint density at radius 1 is 1.38 bits per heavy atom. The molecule has 4 rings (SSSR count). The summed E-state index contributed by atoms with van der Waals surface area (Å²) < 4.78 is 19.0. The van der Waals surface area contributed by atoms with E-state index in [9.17, 15) is 14.0 Å². The first-order chi connectivity index (χ1) is 14.0. The van der Waals surface area contributed by atoms with Gasteiger partial charge in [0.15, 0.2) is 0 Å². The van der Waals surface area contributed by atoms with Gasteiger partial charge < -0.3 is 14.7 Å². The molecular weight excluding hydrogens is 413 g/mol. The highest BCUT2D eigenvalue weighted by atomic mass is 32.2. The van der Waals surface area contributed by atoms with Crippen LogP contribution in [0, 0.1) is 5.82 Å². The molecule has 0 unspecified atom stereocenters. The van der Waals surface area contributed by atoms with Crippen LogP contribution in [0.15, 0.2) is 52.1 Å². The van der Waals surface area contributed by atoms with Gasteiger partial charge in [0.05, 0.1) is 11.2 Å². The number of carbonyl (C=O) groups excluding carboxylic acids is 2. The van der Waals surface area contributed by atoms with Crippen molar-refractivity contribution in [3.63, 3.8) is 0 Å². The lowest BCUT2D eigenvalue weighted by Gasteiger charge is -2.14. The minimum atomic E-state index is -0.321. The molecule has 0 bridgehead atoms. The molecule has 3 aromatic rings. The van der Waals surface area contributed by atoms with Crippen molar-refractivity contribution in [2.24, 2.45) is 0 Å². The summed E-state index contributed by atoms with van der Waals surface area (Å²) >= 11 is 6.36. The van der Waals surface area contributed by atoms with Gasteiger partial charge in [0.1, 0.15) is 22.4 Å². The van der Waals surface area contributed by atoms with E-state index < -0.39 is 0 Å². The lowest BCUT2D eigenvalue weighted by Crippen LogP contribution is -2.40. The first-order valence-corrected chi connectivity index (χ1v) is 10.0. The molecule has 0 atom stereocenters.